The molecule has 2 aromatic rings. The second-order valence-corrected chi connectivity index (χ2v) is 10.6. The minimum absolute atomic E-state index is 0.0924. The summed E-state index contributed by atoms with van der Waals surface area (Å²) in [5.41, 5.74) is 1.18. The van der Waals surface area contributed by atoms with Gasteiger partial charge in [-0.05, 0) is 43.0 Å². The quantitative estimate of drug-likeness (QED) is 0.589. The largest absolute Gasteiger partial charge is 0.359 e. The van der Waals surface area contributed by atoms with E-state index in [2.05, 4.69) is 10.6 Å². The van der Waals surface area contributed by atoms with Crippen LogP contribution in [-0.4, -0.2) is 41.5 Å². The van der Waals surface area contributed by atoms with Gasteiger partial charge in [0, 0.05) is 17.4 Å². The molecule has 7 nitrogen and oxygen atoms in total. The van der Waals surface area contributed by atoms with Gasteiger partial charge in [-0.25, -0.2) is 0 Å². The normalized spacial score (nSPS) is 30.4. The van der Waals surface area contributed by atoms with E-state index in [4.69, 9.17) is 4.74 Å². The second kappa shape index (κ2) is 9.45. The Balaban J connectivity index is 1.39. The topological polar surface area (TPSA) is 87.7 Å². The number of rotatable bonds is 6. The summed E-state index contributed by atoms with van der Waals surface area (Å²) in [6.07, 6.45) is 9.13. The number of anilines is 2. The first-order chi connectivity index (χ1) is 18.0. The highest BCUT2D eigenvalue weighted by Gasteiger charge is 2.73. The van der Waals surface area contributed by atoms with Crippen molar-refractivity contribution in [3.8, 4) is 0 Å². The number of amides is 3. The van der Waals surface area contributed by atoms with Gasteiger partial charge in [-0.1, -0.05) is 74.7 Å². The molecule has 7 heteroatoms. The highest BCUT2D eigenvalue weighted by Crippen LogP contribution is 2.56. The number of aryl methyl sites for hydroxylation is 1. The maximum Gasteiger partial charge on any atom is 0.246 e. The summed E-state index contributed by atoms with van der Waals surface area (Å²) in [7, 11) is 0. The molecule has 3 amide bonds. The van der Waals surface area contributed by atoms with Crippen molar-refractivity contribution in [2.24, 2.45) is 11.8 Å². The van der Waals surface area contributed by atoms with E-state index in [1.165, 1.54) is 6.42 Å². The van der Waals surface area contributed by atoms with Crippen LogP contribution in [0.15, 0.2) is 66.7 Å². The number of ether oxygens (including phenoxy) is 1. The Morgan fingerprint density at radius 3 is 2.49 bits per heavy atom. The van der Waals surface area contributed by atoms with Crippen LogP contribution in [0.5, 0.6) is 0 Å². The SMILES string of the molecule is CCc1ccccc1N1C(=O)[C@@H]2[C@@H](C(=O)Nc3ccccc3)[C@H]3C=C[C@@]2(O3)[C@@H]1C(=O)NC1CCCCC1. The number of hydrogen-bond donors (Lipinski definition) is 2. The lowest BCUT2D eigenvalue weighted by Crippen LogP contribution is -2.56. The Morgan fingerprint density at radius 1 is 1.00 bits per heavy atom. The zero-order chi connectivity index (χ0) is 25.6. The summed E-state index contributed by atoms with van der Waals surface area (Å²) in [6, 6.07) is 16.1. The number of nitrogens with one attached hydrogen (secondary N) is 2. The lowest BCUT2D eigenvalue weighted by atomic mass is 9.74. The van der Waals surface area contributed by atoms with Gasteiger partial charge in [-0.15, -0.1) is 0 Å². The Bertz CT molecular complexity index is 1240. The van der Waals surface area contributed by atoms with Gasteiger partial charge in [-0.3, -0.25) is 19.3 Å². The van der Waals surface area contributed by atoms with Crippen molar-refractivity contribution in [3.05, 3.63) is 72.3 Å². The van der Waals surface area contributed by atoms with E-state index < -0.39 is 29.6 Å². The lowest BCUT2D eigenvalue weighted by Gasteiger charge is -2.34. The predicted molar refractivity (Wildman–Crippen MR) is 141 cm³/mol. The molecular formula is C30H33N3O4. The molecule has 1 saturated carbocycles. The van der Waals surface area contributed by atoms with Crippen LogP contribution >= 0.6 is 0 Å². The van der Waals surface area contributed by atoms with Gasteiger partial charge >= 0.3 is 0 Å². The monoisotopic (exact) mass is 499 g/mol. The van der Waals surface area contributed by atoms with E-state index in [1.807, 2.05) is 73.7 Å². The van der Waals surface area contributed by atoms with Crippen LogP contribution in [0.3, 0.4) is 0 Å². The third kappa shape index (κ3) is 3.87. The maximum absolute atomic E-state index is 14.3. The van der Waals surface area contributed by atoms with Crippen LogP contribution in [-0.2, 0) is 25.5 Å². The first-order valence-electron chi connectivity index (χ1n) is 13.5. The van der Waals surface area contributed by atoms with E-state index >= 15 is 0 Å². The van der Waals surface area contributed by atoms with E-state index in [-0.39, 0.29) is 23.8 Å². The Labute approximate surface area is 217 Å². The smallest absolute Gasteiger partial charge is 0.246 e. The summed E-state index contributed by atoms with van der Waals surface area (Å²) in [5, 5.41) is 6.21. The molecule has 37 heavy (non-hydrogen) atoms. The van der Waals surface area contributed by atoms with Gasteiger partial charge in [-0.2, -0.15) is 0 Å². The van der Waals surface area contributed by atoms with Crippen LogP contribution in [0.2, 0.25) is 0 Å². The van der Waals surface area contributed by atoms with Gasteiger partial charge in [0.05, 0.1) is 17.9 Å². The van der Waals surface area contributed by atoms with Crippen LogP contribution < -0.4 is 15.5 Å². The Kier molecular flexibility index (Phi) is 6.11. The van der Waals surface area contributed by atoms with Gasteiger partial charge < -0.3 is 15.4 Å². The average molecular weight is 500 g/mol. The molecule has 192 valence electrons. The summed E-state index contributed by atoms with van der Waals surface area (Å²) in [4.78, 5) is 43.5. The number of carbonyl (C=O) groups excluding carboxylic acids is 3. The molecule has 0 radical (unpaired) electrons. The number of fused-ring (bicyclic) bond motifs is 1. The van der Waals surface area contributed by atoms with Crippen LogP contribution in [0.4, 0.5) is 11.4 Å². The van der Waals surface area contributed by atoms with E-state index in [1.54, 1.807) is 4.90 Å². The fourth-order valence-corrected chi connectivity index (χ4v) is 6.75. The van der Waals surface area contributed by atoms with E-state index in [0.717, 1.165) is 31.2 Å². The fourth-order valence-electron chi connectivity index (χ4n) is 6.75. The molecule has 3 heterocycles. The maximum atomic E-state index is 14.3. The molecule has 0 unspecified atom stereocenters. The summed E-state index contributed by atoms with van der Waals surface area (Å²) >= 11 is 0. The van der Waals surface area contributed by atoms with Crippen molar-refractivity contribution < 1.29 is 19.1 Å². The first kappa shape index (κ1) is 23.9. The van der Waals surface area contributed by atoms with Crippen LogP contribution in [0.1, 0.15) is 44.6 Å². The van der Waals surface area contributed by atoms with Crippen molar-refractivity contribution in [1.29, 1.82) is 0 Å². The van der Waals surface area contributed by atoms with Crippen molar-refractivity contribution >= 4 is 29.1 Å². The second-order valence-electron chi connectivity index (χ2n) is 10.6. The Morgan fingerprint density at radius 2 is 1.73 bits per heavy atom. The molecule has 1 aliphatic carbocycles. The number of hydrogen-bond acceptors (Lipinski definition) is 4. The molecule has 0 aromatic heterocycles. The van der Waals surface area contributed by atoms with Gasteiger partial charge in [0.2, 0.25) is 17.7 Å². The summed E-state index contributed by atoms with van der Waals surface area (Å²) < 4.78 is 6.48. The van der Waals surface area contributed by atoms with Gasteiger partial charge in [0.15, 0.2) is 0 Å². The molecule has 3 fully saturated rings. The highest BCUT2D eigenvalue weighted by atomic mass is 16.5. The minimum atomic E-state index is -1.18. The average Bonchev–Trinajstić information content (AvgIpc) is 3.57. The predicted octanol–water partition coefficient (Wildman–Crippen LogP) is 3.99. The van der Waals surface area contributed by atoms with E-state index in [9.17, 15) is 14.4 Å². The van der Waals surface area contributed by atoms with Crippen LogP contribution in [0, 0.1) is 11.8 Å². The molecular weight excluding hydrogens is 466 g/mol. The lowest BCUT2D eigenvalue weighted by molar-refractivity contribution is -0.129. The molecule has 1 spiro atoms. The molecule has 2 N–H and O–H groups in total. The molecule has 4 aliphatic rings. The van der Waals surface area contributed by atoms with Crippen LogP contribution in [0.25, 0.3) is 0 Å². The van der Waals surface area contributed by atoms with Crippen molar-refractivity contribution in [2.45, 2.75) is 69.2 Å². The van der Waals surface area contributed by atoms with Crippen molar-refractivity contribution in [2.75, 3.05) is 10.2 Å². The molecule has 2 bridgehead atoms. The third-order valence-electron chi connectivity index (χ3n) is 8.45. The first-order valence-corrected chi connectivity index (χ1v) is 13.5. The number of para-hydroxylation sites is 2. The Hall–Kier alpha value is -3.45. The summed E-state index contributed by atoms with van der Waals surface area (Å²) in [5.74, 6) is -2.20. The standard InChI is InChI=1S/C30H33N3O4/c1-2-19-11-9-10-16-22(19)33-26(28(35)32-21-14-7-4-8-15-21)30-18-17-23(37-30)24(25(30)29(33)36)27(34)31-20-12-5-3-6-13-20/h3,5-6,9-13,16-18,21,23-26H,2,4,7-8,14-15H2,1H3,(H,31,34)(H,32,35)/t23-,24+,25+,26+,30+/m1/s1. The number of nitrogens with zero attached hydrogens (tertiary/aromatic N) is 1. The molecule has 5 atom stereocenters. The minimum Gasteiger partial charge on any atom is -0.359 e. The molecule has 6 rings (SSSR count). The number of carbonyl (C=O) groups is 3. The van der Waals surface area contributed by atoms with Gasteiger partial charge in [0.1, 0.15) is 11.6 Å². The number of benzene rings is 2. The molecule has 3 aliphatic heterocycles. The summed E-state index contributed by atoms with van der Waals surface area (Å²) in [6.45, 7) is 2.04. The zero-order valence-electron chi connectivity index (χ0n) is 21.1. The molecule has 2 aromatic carbocycles. The van der Waals surface area contributed by atoms with Gasteiger partial charge in [0.25, 0.3) is 0 Å². The highest BCUT2D eigenvalue weighted by molar-refractivity contribution is 6.11. The zero-order valence-corrected chi connectivity index (χ0v) is 21.1. The van der Waals surface area contributed by atoms with E-state index in [0.29, 0.717) is 17.8 Å². The third-order valence-corrected chi connectivity index (χ3v) is 8.45. The van der Waals surface area contributed by atoms with Crippen molar-refractivity contribution in [3.63, 3.8) is 0 Å². The van der Waals surface area contributed by atoms with Crippen molar-refractivity contribution in [1.82, 2.24) is 5.32 Å². The fraction of sp³-hybridized carbons (Fsp3) is 0.433. The molecule has 2 saturated heterocycles.